The Bertz CT molecular complexity index is 714. The molecule has 0 fully saturated rings. The summed E-state index contributed by atoms with van der Waals surface area (Å²) in [4.78, 5) is 12.9. The van der Waals surface area contributed by atoms with Crippen LogP contribution in [0.15, 0.2) is 36.4 Å². The van der Waals surface area contributed by atoms with E-state index in [1.165, 1.54) is 14.2 Å². The van der Waals surface area contributed by atoms with Crippen molar-refractivity contribution in [2.45, 2.75) is 13.8 Å². The van der Waals surface area contributed by atoms with Crippen LogP contribution in [0.5, 0.6) is 23.0 Å². The van der Waals surface area contributed by atoms with Crippen LogP contribution < -0.4 is 24.3 Å². The first-order valence-corrected chi connectivity index (χ1v) is 9.06. The van der Waals surface area contributed by atoms with E-state index in [-0.39, 0.29) is 33.0 Å². The number of carbonyl (C=O) groups excluding carboxylic acids is 1. The molecule has 0 aliphatic carbocycles. The van der Waals surface area contributed by atoms with E-state index in [0.717, 1.165) is 11.1 Å². The van der Waals surface area contributed by atoms with Crippen LogP contribution in [0.4, 0.5) is 0 Å². The molecule has 1 atom stereocenters. The summed E-state index contributed by atoms with van der Waals surface area (Å²) in [5, 5.41) is 0.822. The van der Waals surface area contributed by atoms with Crippen LogP contribution in [0.3, 0.4) is 0 Å². The standard InChI is InChI=1S/C19H23O5P.Li/c1-5-23-13-10-11-17(16(12-13)24-6-2)25-19(20)18-14(21-3)8-7-9-15(18)22-4;/h7-12,25H,5-6H2,1-4H3;. The molecule has 0 heterocycles. The molecule has 0 bridgehead atoms. The van der Waals surface area contributed by atoms with Crippen LogP contribution in [0, 0.1) is 0 Å². The minimum Gasteiger partial charge on any atom is -0.496 e. The fourth-order valence-corrected chi connectivity index (χ4v) is 3.45. The molecule has 0 spiro atoms. The number of hydrogen-bond donors (Lipinski definition) is 0. The fraction of sp³-hybridized carbons (Fsp3) is 0.316. The Hall–Kier alpha value is -1.66. The number of rotatable bonds is 9. The van der Waals surface area contributed by atoms with Crippen LogP contribution in [-0.4, -0.2) is 51.8 Å². The van der Waals surface area contributed by atoms with Crippen molar-refractivity contribution in [3.63, 3.8) is 0 Å². The summed E-state index contributed by atoms with van der Waals surface area (Å²) >= 11 is 0. The van der Waals surface area contributed by atoms with Crippen LogP contribution in [0.1, 0.15) is 24.2 Å². The van der Waals surface area contributed by atoms with Gasteiger partial charge in [0, 0.05) is 30.2 Å². The van der Waals surface area contributed by atoms with Gasteiger partial charge in [-0.15, -0.1) is 0 Å². The van der Waals surface area contributed by atoms with E-state index in [2.05, 4.69) is 0 Å². The third-order valence-electron chi connectivity index (χ3n) is 3.47. The third-order valence-corrected chi connectivity index (χ3v) is 4.63. The molecule has 7 heteroatoms. The number of hydrogen-bond acceptors (Lipinski definition) is 5. The molecule has 0 N–H and O–H groups in total. The first-order chi connectivity index (χ1) is 12.1. The Morgan fingerprint density at radius 1 is 0.923 bits per heavy atom. The summed E-state index contributed by atoms with van der Waals surface area (Å²) in [5.74, 6) is 2.39. The van der Waals surface area contributed by atoms with E-state index >= 15 is 0 Å². The summed E-state index contributed by atoms with van der Waals surface area (Å²) in [6, 6.07) is 10.8. The summed E-state index contributed by atoms with van der Waals surface area (Å²) < 4.78 is 21.9. The minimum atomic E-state index is -0.118. The van der Waals surface area contributed by atoms with E-state index in [1.54, 1.807) is 18.2 Å². The number of carbonyl (C=O) groups is 1. The monoisotopic (exact) mass is 369 g/mol. The first-order valence-electron chi connectivity index (χ1n) is 8.06. The summed E-state index contributed by atoms with van der Waals surface area (Å²) in [7, 11) is 2.96. The Morgan fingerprint density at radius 2 is 1.54 bits per heavy atom. The molecule has 1 radical (unpaired) electrons. The number of benzene rings is 2. The molecular weight excluding hydrogens is 346 g/mol. The fourth-order valence-electron chi connectivity index (χ4n) is 2.40. The molecular formula is C19H23LiO5P. The zero-order chi connectivity index (χ0) is 18.2. The van der Waals surface area contributed by atoms with Crippen LogP contribution in [0.2, 0.25) is 0 Å². The van der Waals surface area contributed by atoms with Crippen molar-refractivity contribution in [1.29, 1.82) is 0 Å². The van der Waals surface area contributed by atoms with Gasteiger partial charge >= 0.3 is 0 Å². The molecule has 0 saturated carbocycles. The van der Waals surface area contributed by atoms with Crippen molar-refractivity contribution in [3.8, 4) is 23.0 Å². The van der Waals surface area contributed by atoms with Crippen LogP contribution in [0.25, 0.3) is 0 Å². The maximum absolute atomic E-state index is 12.9. The summed E-state index contributed by atoms with van der Waals surface area (Å²) in [5.41, 5.74) is 0.376. The van der Waals surface area contributed by atoms with E-state index in [4.69, 9.17) is 18.9 Å². The molecule has 0 amide bonds. The Morgan fingerprint density at radius 3 is 2.08 bits per heavy atom. The second-order valence-electron chi connectivity index (χ2n) is 5.02. The van der Waals surface area contributed by atoms with Gasteiger partial charge in [0.2, 0.25) is 0 Å². The van der Waals surface area contributed by atoms with Gasteiger partial charge in [-0.1, -0.05) is 6.07 Å². The van der Waals surface area contributed by atoms with Gasteiger partial charge in [-0.2, -0.15) is 0 Å². The topological polar surface area (TPSA) is 54.0 Å². The van der Waals surface area contributed by atoms with Crippen molar-refractivity contribution < 1.29 is 23.7 Å². The van der Waals surface area contributed by atoms with Gasteiger partial charge in [0.25, 0.3) is 0 Å². The van der Waals surface area contributed by atoms with E-state index < -0.39 is 0 Å². The first kappa shape index (κ1) is 22.4. The van der Waals surface area contributed by atoms with Crippen molar-refractivity contribution in [2.75, 3.05) is 27.4 Å². The van der Waals surface area contributed by atoms with Crippen molar-refractivity contribution in [3.05, 3.63) is 42.0 Å². The van der Waals surface area contributed by atoms with Crippen molar-refractivity contribution in [1.82, 2.24) is 0 Å². The molecule has 0 aromatic heterocycles. The average Bonchev–Trinajstić information content (AvgIpc) is 2.63. The molecule has 1 unspecified atom stereocenters. The van der Waals surface area contributed by atoms with Crippen molar-refractivity contribution >= 4 is 38.3 Å². The van der Waals surface area contributed by atoms with E-state index in [1.807, 2.05) is 32.0 Å². The molecule has 26 heavy (non-hydrogen) atoms. The maximum atomic E-state index is 12.9. The molecule has 2 aromatic carbocycles. The molecule has 5 nitrogen and oxygen atoms in total. The quantitative estimate of drug-likeness (QED) is 0.502. The van der Waals surface area contributed by atoms with Gasteiger partial charge in [-0.25, -0.2) is 0 Å². The third kappa shape index (κ3) is 5.41. The second-order valence-corrected chi connectivity index (χ2v) is 6.26. The SMILES string of the molecule is CCOc1ccc(PC(=O)c2c(OC)cccc2OC)c(OCC)c1.[Li]. The van der Waals surface area contributed by atoms with E-state index in [0.29, 0.717) is 36.0 Å². The number of ether oxygens (including phenoxy) is 4. The molecule has 0 saturated heterocycles. The molecule has 2 aromatic rings. The number of methoxy groups -OCH3 is 2. The van der Waals surface area contributed by atoms with Gasteiger partial charge in [0.1, 0.15) is 28.6 Å². The predicted molar refractivity (Wildman–Crippen MR) is 106 cm³/mol. The van der Waals surface area contributed by atoms with Gasteiger partial charge in [-0.05, 0) is 46.7 Å². The van der Waals surface area contributed by atoms with Crippen LogP contribution in [-0.2, 0) is 0 Å². The van der Waals surface area contributed by atoms with Gasteiger partial charge in [0.15, 0.2) is 5.52 Å². The molecule has 0 aliphatic heterocycles. The molecule has 2 rings (SSSR count). The smallest absolute Gasteiger partial charge is 0.193 e. The zero-order valence-electron chi connectivity index (χ0n) is 15.9. The zero-order valence-corrected chi connectivity index (χ0v) is 16.9. The van der Waals surface area contributed by atoms with E-state index in [9.17, 15) is 4.79 Å². The summed E-state index contributed by atoms with van der Waals surface area (Å²) in [6.07, 6.45) is 0. The Labute approximate surface area is 168 Å². The average molecular weight is 369 g/mol. The Balaban J connectivity index is 0.00000338. The van der Waals surface area contributed by atoms with Gasteiger partial charge in [-0.3, -0.25) is 4.79 Å². The maximum Gasteiger partial charge on any atom is 0.193 e. The molecule has 0 aliphatic rings. The van der Waals surface area contributed by atoms with Gasteiger partial charge < -0.3 is 18.9 Å². The normalized spacial score (nSPS) is 10.3. The van der Waals surface area contributed by atoms with Gasteiger partial charge in [0.05, 0.1) is 27.4 Å². The predicted octanol–water partition coefficient (Wildman–Crippen LogP) is 3.26. The van der Waals surface area contributed by atoms with Crippen molar-refractivity contribution in [2.24, 2.45) is 0 Å². The molecule has 135 valence electrons. The minimum absolute atomic E-state index is 0. The van der Waals surface area contributed by atoms with Crippen LogP contribution >= 0.6 is 8.58 Å². The Kier molecular flexibility index (Phi) is 9.58. The summed E-state index contributed by atoms with van der Waals surface area (Å²) in [6.45, 7) is 4.92. The second kappa shape index (κ2) is 11.1. The largest absolute Gasteiger partial charge is 0.496 e.